The van der Waals surface area contributed by atoms with Crippen molar-refractivity contribution in [2.75, 3.05) is 27.4 Å². The zero-order chi connectivity index (χ0) is 37.9. The van der Waals surface area contributed by atoms with E-state index in [-0.39, 0.29) is 35.1 Å². The molecule has 0 N–H and O–H groups in total. The molecule has 1 atom stereocenters. The first-order valence-corrected chi connectivity index (χ1v) is 17.9. The first-order valence-electron chi connectivity index (χ1n) is 15.1. The first kappa shape index (κ1) is 39.4. The molecule has 0 saturated carbocycles. The maximum Gasteiger partial charge on any atom is 0.437 e. The summed E-state index contributed by atoms with van der Waals surface area (Å²) in [5, 5.41) is 6.48. The molecule has 0 amide bonds. The Balaban J connectivity index is 1.29. The number of benzene rings is 4. The predicted molar refractivity (Wildman–Crippen MR) is 181 cm³/mol. The second-order valence-corrected chi connectivity index (χ2v) is 13.6. The molecule has 0 saturated heterocycles. The Kier molecular flexibility index (Phi) is 13.1. The van der Waals surface area contributed by atoms with E-state index in [0.29, 0.717) is 23.7 Å². The van der Waals surface area contributed by atoms with E-state index in [1.165, 1.54) is 93.9 Å². The van der Waals surface area contributed by atoms with Gasteiger partial charge in [-0.1, -0.05) is 10.3 Å². The van der Waals surface area contributed by atoms with E-state index in [4.69, 9.17) is 23.2 Å². The lowest BCUT2D eigenvalue weighted by Gasteiger charge is -2.12. The van der Waals surface area contributed by atoms with Gasteiger partial charge in [0, 0.05) is 17.5 Å². The fourth-order valence-electron chi connectivity index (χ4n) is 4.24. The monoisotopic (exact) mass is 768 g/mol. The van der Waals surface area contributed by atoms with Crippen molar-refractivity contribution in [3.8, 4) is 23.0 Å². The van der Waals surface area contributed by atoms with Gasteiger partial charge in [0.15, 0.2) is 5.71 Å². The van der Waals surface area contributed by atoms with Gasteiger partial charge in [0.25, 0.3) is 0 Å². The second-order valence-electron chi connectivity index (χ2n) is 10.5. The Morgan fingerprint density at radius 2 is 1.00 bits per heavy atom. The van der Waals surface area contributed by atoms with Gasteiger partial charge in [-0.3, -0.25) is 8.57 Å². The minimum absolute atomic E-state index is 0.122. The lowest BCUT2D eigenvalue weighted by molar-refractivity contribution is -0.0597. The van der Waals surface area contributed by atoms with Crippen molar-refractivity contribution < 1.29 is 61.9 Å². The van der Waals surface area contributed by atoms with Crippen molar-refractivity contribution in [2.45, 2.75) is 35.5 Å². The SMILES string of the molecule is COc1ccc(S(=O)(=O)O/N=C(/c2ccc(OCCCOc3ccc(/C(=N/OS(=O)(=O)c4ccc(OC)cc4)C(F)(F)F)cc3)cc2)C(C)F)cc1. The lowest BCUT2D eigenvalue weighted by atomic mass is 10.1. The maximum absolute atomic E-state index is 14.4. The summed E-state index contributed by atoms with van der Waals surface area (Å²) in [4.78, 5) is -0.611. The Hall–Kier alpha value is -5.36. The van der Waals surface area contributed by atoms with Crippen molar-refractivity contribution in [1.29, 1.82) is 0 Å². The van der Waals surface area contributed by atoms with Gasteiger partial charge in [-0.25, -0.2) is 4.39 Å². The van der Waals surface area contributed by atoms with Gasteiger partial charge in [0.05, 0.1) is 27.4 Å². The van der Waals surface area contributed by atoms with Crippen LogP contribution in [-0.2, 0) is 28.8 Å². The van der Waals surface area contributed by atoms with Gasteiger partial charge in [-0.05, 0) is 104 Å². The quantitative estimate of drug-likeness (QED) is 0.0493. The summed E-state index contributed by atoms with van der Waals surface area (Å²) in [6.07, 6.45) is -6.36. The average molecular weight is 769 g/mol. The number of rotatable bonds is 17. The Morgan fingerprint density at radius 1 is 0.615 bits per heavy atom. The molecule has 12 nitrogen and oxygen atoms in total. The number of alkyl halides is 4. The smallest absolute Gasteiger partial charge is 0.437 e. The highest BCUT2D eigenvalue weighted by atomic mass is 32.2. The van der Waals surface area contributed by atoms with Crippen LogP contribution >= 0.6 is 0 Å². The van der Waals surface area contributed by atoms with Crippen molar-refractivity contribution in [2.24, 2.45) is 10.3 Å². The molecule has 1 unspecified atom stereocenters. The van der Waals surface area contributed by atoms with Gasteiger partial charge in [-0.15, -0.1) is 0 Å². The van der Waals surface area contributed by atoms with Crippen LogP contribution in [0.2, 0.25) is 0 Å². The van der Waals surface area contributed by atoms with Crippen LogP contribution < -0.4 is 18.9 Å². The van der Waals surface area contributed by atoms with E-state index in [1.54, 1.807) is 0 Å². The van der Waals surface area contributed by atoms with Crippen molar-refractivity contribution in [3.63, 3.8) is 0 Å². The second kappa shape index (κ2) is 17.2. The van der Waals surface area contributed by atoms with Gasteiger partial charge in [0.1, 0.15) is 44.7 Å². The average Bonchev–Trinajstić information content (AvgIpc) is 3.12. The van der Waals surface area contributed by atoms with Crippen LogP contribution in [0.15, 0.2) is 117 Å². The number of hydrogen-bond donors (Lipinski definition) is 0. The maximum atomic E-state index is 14.4. The Bertz CT molecular complexity index is 2060. The molecular formula is C34H32F4N2O10S2. The summed E-state index contributed by atoms with van der Waals surface area (Å²) >= 11 is 0. The van der Waals surface area contributed by atoms with Crippen LogP contribution in [0.3, 0.4) is 0 Å². The highest BCUT2D eigenvalue weighted by Gasteiger charge is 2.38. The van der Waals surface area contributed by atoms with E-state index in [0.717, 1.165) is 24.3 Å². The summed E-state index contributed by atoms with van der Waals surface area (Å²) in [6, 6.07) is 20.8. The van der Waals surface area contributed by atoms with Gasteiger partial charge in [0.2, 0.25) is 0 Å². The zero-order valence-electron chi connectivity index (χ0n) is 27.7. The third-order valence-electron chi connectivity index (χ3n) is 6.91. The predicted octanol–water partition coefficient (Wildman–Crippen LogP) is 6.69. The number of nitrogens with zero attached hydrogens (tertiary/aromatic N) is 2. The molecule has 278 valence electrons. The summed E-state index contributed by atoms with van der Waals surface area (Å²) in [7, 11) is -6.18. The molecule has 4 aromatic rings. The van der Waals surface area contributed by atoms with Crippen LogP contribution in [0.4, 0.5) is 17.6 Å². The van der Waals surface area contributed by atoms with Gasteiger partial charge < -0.3 is 18.9 Å². The first-order chi connectivity index (χ1) is 24.6. The molecule has 0 aliphatic carbocycles. The molecule has 52 heavy (non-hydrogen) atoms. The molecular weight excluding hydrogens is 737 g/mol. The highest BCUT2D eigenvalue weighted by molar-refractivity contribution is 7.87. The third-order valence-corrected chi connectivity index (χ3v) is 9.15. The van der Waals surface area contributed by atoms with Crippen LogP contribution in [0.1, 0.15) is 24.5 Å². The normalized spacial score (nSPS) is 13.2. The van der Waals surface area contributed by atoms with E-state index < -0.39 is 48.8 Å². The van der Waals surface area contributed by atoms with Crippen LogP contribution in [0.5, 0.6) is 23.0 Å². The number of ether oxygens (including phenoxy) is 4. The van der Waals surface area contributed by atoms with E-state index in [1.807, 2.05) is 0 Å². The standard InChI is InChI=1S/C34H32F4N2O10S2/c1-23(35)32(39-49-51(41,42)30-17-13-26(45-2)14-18-30)24-5-9-28(10-6-24)47-21-4-22-48-29-11-7-25(8-12-29)33(34(36,37)38)40-50-52(43,44)31-19-15-27(46-3)16-20-31/h5-20,23H,4,21-22H2,1-3H3/b39-32+,40-33-. The number of oxime groups is 2. The zero-order valence-corrected chi connectivity index (χ0v) is 29.4. The Labute approximate surface area is 297 Å². The highest BCUT2D eigenvalue weighted by Crippen LogP contribution is 2.26. The molecule has 4 aromatic carbocycles. The summed E-state index contributed by atoms with van der Waals surface area (Å²) < 4.78 is 136. The topological polar surface area (TPSA) is 148 Å². The number of halogens is 4. The van der Waals surface area contributed by atoms with E-state index >= 15 is 0 Å². The molecule has 0 aliphatic rings. The minimum atomic E-state index is -5.04. The third kappa shape index (κ3) is 10.8. The molecule has 0 aliphatic heterocycles. The van der Waals surface area contributed by atoms with Crippen LogP contribution in [-0.4, -0.2) is 68.0 Å². The molecule has 0 aromatic heterocycles. The van der Waals surface area contributed by atoms with Crippen molar-refractivity contribution in [1.82, 2.24) is 0 Å². The summed E-state index contributed by atoms with van der Waals surface area (Å²) in [5.74, 6) is 1.40. The van der Waals surface area contributed by atoms with Crippen LogP contribution in [0, 0.1) is 0 Å². The minimum Gasteiger partial charge on any atom is -0.497 e. The molecule has 4 rings (SSSR count). The molecule has 0 fully saturated rings. The number of methoxy groups -OCH3 is 2. The summed E-state index contributed by atoms with van der Waals surface area (Å²) in [5.41, 5.74) is -2.04. The summed E-state index contributed by atoms with van der Waals surface area (Å²) in [6.45, 7) is 1.47. The Morgan fingerprint density at radius 3 is 1.38 bits per heavy atom. The lowest BCUT2D eigenvalue weighted by Crippen LogP contribution is -2.25. The fourth-order valence-corrected chi connectivity index (χ4v) is 5.70. The van der Waals surface area contributed by atoms with Gasteiger partial charge in [-0.2, -0.15) is 30.0 Å². The van der Waals surface area contributed by atoms with E-state index in [2.05, 4.69) is 14.6 Å². The van der Waals surface area contributed by atoms with Crippen molar-refractivity contribution in [3.05, 3.63) is 108 Å². The largest absolute Gasteiger partial charge is 0.497 e. The molecule has 0 spiro atoms. The number of hydrogen-bond acceptors (Lipinski definition) is 12. The van der Waals surface area contributed by atoms with Crippen LogP contribution in [0.25, 0.3) is 0 Å². The van der Waals surface area contributed by atoms with E-state index in [9.17, 15) is 34.4 Å². The molecule has 0 radical (unpaired) electrons. The fraction of sp³-hybridized carbons (Fsp3) is 0.235. The van der Waals surface area contributed by atoms with Gasteiger partial charge >= 0.3 is 26.4 Å². The molecule has 18 heteroatoms. The molecule has 0 heterocycles. The van der Waals surface area contributed by atoms with Crippen molar-refractivity contribution >= 4 is 31.7 Å². The molecule has 0 bridgehead atoms.